The maximum Gasteiger partial charge on any atom is 0.0401 e. The predicted molar refractivity (Wildman–Crippen MR) is 95.2 cm³/mol. The van der Waals surface area contributed by atoms with Crippen LogP contribution in [0.4, 0.5) is 5.69 Å². The van der Waals surface area contributed by atoms with Gasteiger partial charge in [-0.15, -0.1) is 0 Å². The number of hydrogen-bond donors (Lipinski definition) is 1. The lowest BCUT2D eigenvalue weighted by molar-refractivity contribution is 1.15. The van der Waals surface area contributed by atoms with E-state index in [1.54, 1.807) is 0 Å². The normalized spacial score (nSPS) is 10.7. The van der Waals surface area contributed by atoms with Crippen molar-refractivity contribution in [1.82, 2.24) is 0 Å². The second kappa shape index (κ2) is 5.83. The number of rotatable bonds is 3. The highest BCUT2D eigenvalue weighted by Crippen LogP contribution is 2.19. The van der Waals surface area contributed by atoms with Crippen molar-refractivity contribution in [1.29, 1.82) is 0 Å². The average Bonchev–Trinajstić information content (AvgIpc) is 2.48. The molecule has 0 aromatic heterocycles. The summed E-state index contributed by atoms with van der Waals surface area (Å²) in [6.07, 6.45) is 0. The third-order valence-corrected chi connectivity index (χ3v) is 4.64. The molecule has 0 fully saturated rings. The van der Waals surface area contributed by atoms with Gasteiger partial charge in [0.2, 0.25) is 0 Å². The molecule has 3 aromatic carbocycles. The van der Waals surface area contributed by atoms with E-state index in [4.69, 9.17) is 0 Å². The van der Waals surface area contributed by atoms with Crippen molar-refractivity contribution in [3.05, 3.63) is 75.4 Å². The predicted octanol–water partition coefficient (Wildman–Crippen LogP) is 5.36. The largest absolute Gasteiger partial charge is 0.381 e. The lowest BCUT2D eigenvalue weighted by Crippen LogP contribution is -1.99. The van der Waals surface area contributed by atoms with Crippen LogP contribution < -0.4 is 5.32 Å². The number of halogens is 1. The van der Waals surface area contributed by atoms with E-state index in [-0.39, 0.29) is 0 Å². The molecule has 0 aliphatic carbocycles. The number of hydrogen-bond acceptors (Lipinski definition) is 1. The van der Waals surface area contributed by atoms with Gasteiger partial charge in [0.1, 0.15) is 0 Å². The van der Waals surface area contributed by atoms with Gasteiger partial charge in [0.05, 0.1) is 0 Å². The summed E-state index contributed by atoms with van der Waals surface area (Å²) < 4.78 is 1.30. The summed E-state index contributed by atoms with van der Waals surface area (Å²) in [4.78, 5) is 0. The molecular weight excluding hydrogens is 357 g/mol. The highest BCUT2D eigenvalue weighted by Gasteiger charge is 1.99. The van der Waals surface area contributed by atoms with E-state index < -0.39 is 0 Å². The zero-order chi connectivity index (χ0) is 13.9. The molecule has 1 N–H and O–H groups in total. The summed E-state index contributed by atoms with van der Waals surface area (Å²) in [5, 5.41) is 6.08. The van der Waals surface area contributed by atoms with Crippen LogP contribution in [0.5, 0.6) is 0 Å². The molecule has 0 aliphatic heterocycles. The van der Waals surface area contributed by atoms with Gasteiger partial charge in [-0.1, -0.05) is 42.5 Å². The van der Waals surface area contributed by atoms with E-state index in [1.807, 2.05) is 0 Å². The second-order valence-corrected chi connectivity index (χ2v) is 6.16. The van der Waals surface area contributed by atoms with Crippen molar-refractivity contribution < 1.29 is 0 Å². The van der Waals surface area contributed by atoms with Gasteiger partial charge in [-0.3, -0.25) is 0 Å². The topological polar surface area (TPSA) is 12.0 Å². The minimum Gasteiger partial charge on any atom is -0.381 e. The molecule has 0 atom stereocenters. The van der Waals surface area contributed by atoms with E-state index in [1.165, 1.54) is 31.2 Å². The van der Waals surface area contributed by atoms with Crippen molar-refractivity contribution in [2.45, 2.75) is 13.5 Å². The molecule has 0 spiro atoms. The highest BCUT2D eigenvalue weighted by molar-refractivity contribution is 14.1. The zero-order valence-corrected chi connectivity index (χ0v) is 13.5. The number of nitrogens with one attached hydrogen (secondary N) is 1. The quantitative estimate of drug-likeness (QED) is 0.609. The Morgan fingerprint density at radius 2 is 1.70 bits per heavy atom. The Kier molecular flexibility index (Phi) is 3.92. The van der Waals surface area contributed by atoms with Gasteiger partial charge in [-0.2, -0.15) is 0 Å². The first-order chi connectivity index (χ1) is 9.72. The van der Waals surface area contributed by atoms with E-state index in [2.05, 4.69) is 95.5 Å². The Bertz CT molecular complexity index is 749. The fourth-order valence-electron chi connectivity index (χ4n) is 2.26. The van der Waals surface area contributed by atoms with Gasteiger partial charge in [0, 0.05) is 15.8 Å². The van der Waals surface area contributed by atoms with Crippen LogP contribution in [0.1, 0.15) is 11.1 Å². The lowest BCUT2D eigenvalue weighted by atomic mass is 10.1. The highest BCUT2D eigenvalue weighted by atomic mass is 127. The molecule has 0 unspecified atom stereocenters. The zero-order valence-electron chi connectivity index (χ0n) is 11.4. The van der Waals surface area contributed by atoms with Crippen molar-refractivity contribution in [2.24, 2.45) is 0 Å². The van der Waals surface area contributed by atoms with E-state index in [0.29, 0.717) is 0 Å². The molecule has 3 aromatic rings. The molecule has 1 nitrogen and oxygen atoms in total. The number of fused-ring (bicyclic) bond motifs is 1. The van der Waals surface area contributed by atoms with E-state index in [0.717, 1.165) is 6.54 Å². The Morgan fingerprint density at radius 1 is 0.900 bits per heavy atom. The van der Waals surface area contributed by atoms with Crippen LogP contribution in [0.15, 0.2) is 60.7 Å². The lowest BCUT2D eigenvalue weighted by Gasteiger charge is -2.09. The smallest absolute Gasteiger partial charge is 0.0401 e. The molecule has 3 rings (SSSR count). The molecule has 20 heavy (non-hydrogen) atoms. The number of anilines is 1. The summed E-state index contributed by atoms with van der Waals surface area (Å²) in [5.74, 6) is 0. The molecule has 2 heteroatoms. The number of aryl methyl sites for hydroxylation is 1. The van der Waals surface area contributed by atoms with Gasteiger partial charge < -0.3 is 5.32 Å². The molecule has 0 saturated heterocycles. The van der Waals surface area contributed by atoms with Crippen LogP contribution in [0.3, 0.4) is 0 Å². The fourth-order valence-corrected chi connectivity index (χ4v) is 2.77. The molecule has 0 amide bonds. The summed E-state index contributed by atoms with van der Waals surface area (Å²) in [7, 11) is 0. The van der Waals surface area contributed by atoms with E-state index >= 15 is 0 Å². The maximum absolute atomic E-state index is 3.49. The SMILES string of the molecule is Cc1ccc(NCc2ccc3ccccc3c2)cc1I. The minimum absolute atomic E-state index is 0.851. The van der Waals surface area contributed by atoms with Gasteiger partial charge >= 0.3 is 0 Å². The Morgan fingerprint density at radius 3 is 2.50 bits per heavy atom. The first kappa shape index (κ1) is 13.4. The maximum atomic E-state index is 3.49. The van der Waals surface area contributed by atoms with Gasteiger partial charge in [0.15, 0.2) is 0 Å². The van der Waals surface area contributed by atoms with Crippen molar-refractivity contribution in [2.75, 3.05) is 5.32 Å². The molecule has 0 radical (unpaired) electrons. The fraction of sp³-hybridized carbons (Fsp3) is 0.111. The Labute approximate surface area is 133 Å². The minimum atomic E-state index is 0.851. The second-order valence-electron chi connectivity index (χ2n) is 5.00. The first-order valence-corrected chi connectivity index (χ1v) is 7.78. The average molecular weight is 373 g/mol. The van der Waals surface area contributed by atoms with E-state index in [9.17, 15) is 0 Å². The monoisotopic (exact) mass is 373 g/mol. The summed E-state index contributed by atoms with van der Waals surface area (Å²) in [5.41, 5.74) is 3.80. The van der Waals surface area contributed by atoms with Crippen LogP contribution in [0.25, 0.3) is 10.8 Å². The van der Waals surface area contributed by atoms with Crippen molar-refractivity contribution in [3.63, 3.8) is 0 Å². The summed E-state index contributed by atoms with van der Waals surface area (Å²) in [6.45, 7) is 2.98. The van der Waals surface area contributed by atoms with Gasteiger partial charge in [-0.25, -0.2) is 0 Å². The molecule has 0 heterocycles. The van der Waals surface area contributed by atoms with Crippen LogP contribution in [-0.4, -0.2) is 0 Å². The van der Waals surface area contributed by atoms with Crippen molar-refractivity contribution >= 4 is 39.1 Å². The molecule has 0 bridgehead atoms. The standard InChI is InChI=1S/C18H16IN/c1-13-6-9-17(11-18(13)19)20-12-14-7-8-15-4-2-3-5-16(15)10-14/h2-11,20H,12H2,1H3. The Balaban J connectivity index is 1.77. The molecular formula is C18H16IN. The van der Waals surface area contributed by atoms with Crippen LogP contribution in [-0.2, 0) is 6.54 Å². The number of benzene rings is 3. The molecule has 100 valence electrons. The van der Waals surface area contributed by atoms with Gasteiger partial charge in [-0.05, 0) is 69.6 Å². The molecule has 0 aliphatic rings. The first-order valence-electron chi connectivity index (χ1n) is 6.70. The van der Waals surface area contributed by atoms with Crippen LogP contribution in [0, 0.1) is 10.5 Å². The summed E-state index contributed by atoms with van der Waals surface area (Å²) in [6, 6.07) is 21.6. The third-order valence-electron chi connectivity index (χ3n) is 3.48. The third kappa shape index (κ3) is 2.96. The van der Waals surface area contributed by atoms with Crippen molar-refractivity contribution in [3.8, 4) is 0 Å². The van der Waals surface area contributed by atoms with Crippen LogP contribution >= 0.6 is 22.6 Å². The Hall–Kier alpha value is -1.55. The molecule has 0 saturated carbocycles. The van der Waals surface area contributed by atoms with Crippen LogP contribution in [0.2, 0.25) is 0 Å². The van der Waals surface area contributed by atoms with Gasteiger partial charge in [0.25, 0.3) is 0 Å². The summed E-state index contributed by atoms with van der Waals surface area (Å²) >= 11 is 2.38.